The first-order chi connectivity index (χ1) is 9.40. The van der Waals surface area contributed by atoms with Gasteiger partial charge in [0.25, 0.3) is 5.91 Å². The van der Waals surface area contributed by atoms with E-state index in [-0.39, 0.29) is 5.91 Å². The van der Waals surface area contributed by atoms with Crippen molar-refractivity contribution >= 4 is 39.1 Å². The summed E-state index contributed by atoms with van der Waals surface area (Å²) in [5.41, 5.74) is 3.61. The molecule has 20 heavy (non-hydrogen) atoms. The third-order valence-corrected chi connectivity index (χ3v) is 4.00. The molecule has 0 bridgehead atoms. The monoisotopic (exact) mass is 351 g/mol. The van der Waals surface area contributed by atoms with Crippen LogP contribution in [0.2, 0.25) is 5.02 Å². The minimum absolute atomic E-state index is 0.122. The topological polar surface area (TPSA) is 20.3 Å². The lowest BCUT2D eigenvalue weighted by Crippen LogP contribution is -2.27. The number of carbonyl (C=O) groups is 1. The Morgan fingerprint density at radius 3 is 2.50 bits per heavy atom. The van der Waals surface area contributed by atoms with E-state index in [0.717, 1.165) is 15.7 Å². The quantitative estimate of drug-likeness (QED) is 0.745. The second-order valence-electron chi connectivity index (χ2n) is 4.78. The molecule has 2 aromatic rings. The highest BCUT2D eigenvalue weighted by Gasteiger charge is 2.18. The average molecular weight is 353 g/mol. The van der Waals surface area contributed by atoms with Gasteiger partial charge in [0.2, 0.25) is 0 Å². The van der Waals surface area contributed by atoms with Gasteiger partial charge in [0, 0.05) is 17.2 Å². The van der Waals surface area contributed by atoms with Crippen molar-refractivity contribution in [3.63, 3.8) is 0 Å². The maximum absolute atomic E-state index is 12.6. The third kappa shape index (κ3) is 3.05. The molecule has 0 radical (unpaired) electrons. The summed E-state index contributed by atoms with van der Waals surface area (Å²) in [5, 5.41) is 0.454. The average Bonchev–Trinajstić information content (AvgIpc) is 2.40. The summed E-state index contributed by atoms with van der Waals surface area (Å²) >= 11 is 9.48. The Bertz CT molecular complexity index is 670. The molecule has 0 atom stereocenters. The van der Waals surface area contributed by atoms with Crippen molar-refractivity contribution < 1.29 is 4.79 Å². The Hall–Kier alpha value is -1.32. The van der Waals surface area contributed by atoms with Crippen LogP contribution < -0.4 is 4.90 Å². The highest BCUT2D eigenvalue weighted by atomic mass is 79.9. The van der Waals surface area contributed by atoms with E-state index in [4.69, 9.17) is 11.6 Å². The second-order valence-corrected chi connectivity index (χ2v) is 6.10. The molecule has 0 spiro atoms. The van der Waals surface area contributed by atoms with Gasteiger partial charge in [-0.25, -0.2) is 0 Å². The molecule has 0 aliphatic rings. The second kappa shape index (κ2) is 5.98. The molecule has 0 aliphatic heterocycles. The molecule has 0 heterocycles. The lowest BCUT2D eigenvalue weighted by molar-refractivity contribution is 0.0993. The zero-order valence-corrected chi connectivity index (χ0v) is 13.9. The summed E-state index contributed by atoms with van der Waals surface area (Å²) in [4.78, 5) is 14.2. The minimum Gasteiger partial charge on any atom is -0.311 e. The molecule has 2 aromatic carbocycles. The highest BCUT2D eigenvalue weighted by Crippen LogP contribution is 2.26. The number of rotatable bonds is 2. The van der Waals surface area contributed by atoms with Crippen LogP contribution in [0.1, 0.15) is 21.5 Å². The van der Waals surface area contributed by atoms with Crippen LogP contribution in [0.5, 0.6) is 0 Å². The maximum Gasteiger partial charge on any atom is 0.259 e. The van der Waals surface area contributed by atoms with Gasteiger partial charge >= 0.3 is 0 Å². The number of aryl methyl sites for hydroxylation is 2. The molecule has 0 aliphatic carbocycles. The van der Waals surface area contributed by atoms with E-state index in [1.54, 1.807) is 24.1 Å². The van der Waals surface area contributed by atoms with Gasteiger partial charge in [-0.15, -0.1) is 0 Å². The predicted octanol–water partition coefficient (Wildman–Crippen LogP) is 5.00. The first kappa shape index (κ1) is 15.1. The number of hydrogen-bond acceptors (Lipinski definition) is 1. The van der Waals surface area contributed by atoms with Crippen molar-refractivity contribution in [2.75, 3.05) is 11.9 Å². The van der Waals surface area contributed by atoms with E-state index in [1.807, 2.05) is 32.0 Å². The molecule has 0 saturated carbocycles. The molecule has 0 saturated heterocycles. The number of benzene rings is 2. The van der Waals surface area contributed by atoms with Crippen molar-refractivity contribution in [1.82, 2.24) is 0 Å². The number of anilines is 1. The Kier molecular flexibility index (Phi) is 4.51. The molecule has 2 rings (SSSR count). The Morgan fingerprint density at radius 2 is 1.85 bits per heavy atom. The van der Waals surface area contributed by atoms with Crippen LogP contribution in [0.15, 0.2) is 40.9 Å². The first-order valence-corrected chi connectivity index (χ1v) is 7.37. The molecule has 0 unspecified atom stereocenters. The molecular formula is C16H15BrClNO. The standard InChI is InChI=1S/C16H15BrClNO/c1-10-4-7-15(11(2)8-10)19(3)16(20)13-9-12(17)5-6-14(13)18/h4-9H,1-3H3. The lowest BCUT2D eigenvalue weighted by Gasteiger charge is -2.20. The fraction of sp³-hybridized carbons (Fsp3) is 0.188. The molecule has 2 nitrogen and oxygen atoms in total. The third-order valence-electron chi connectivity index (χ3n) is 3.18. The summed E-state index contributed by atoms with van der Waals surface area (Å²) in [6.07, 6.45) is 0. The summed E-state index contributed by atoms with van der Waals surface area (Å²) in [5.74, 6) is -0.122. The summed E-state index contributed by atoms with van der Waals surface area (Å²) < 4.78 is 0.833. The molecular weight excluding hydrogens is 338 g/mol. The van der Waals surface area contributed by atoms with Crippen molar-refractivity contribution in [2.45, 2.75) is 13.8 Å². The van der Waals surface area contributed by atoms with Gasteiger partial charge in [0.05, 0.1) is 10.6 Å². The van der Waals surface area contributed by atoms with E-state index in [2.05, 4.69) is 22.0 Å². The Morgan fingerprint density at radius 1 is 1.15 bits per heavy atom. The van der Waals surface area contributed by atoms with Gasteiger partial charge in [-0.3, -0.25) is 4.79 Å². The van der Waals surface area contributed by atoms with Crippen LogP contribution in [-0.2, 0) is 0 Å². The summed E-state index contributed by atoms with van der Waals surface area (Å²) in [7, 11) is 1.76. The van der Waals surface area contributed by atoms with Gasteiger partial charge in [-0.1, -0.05) is 45.2 Å². The van der Waals surface area contributed by atoms with E-state index in [0.29, 0.717) is 10.6 Å². The first-order valence-electron chi connectivity index (χ1n) is 6.20. The zero-order chi connectivity index (χ0) is 14.9. The van der Waals surface area contributed by atoms with E-state index < -0.39 is 0 Å². The summed E-state index contributed by atoms with van der Waals surface area (Å²) in [6.45, 7) is 4.03. The molecule has 0 aromatic heterocycles. The van der Waals surface area contributed by atoms with Gasteiger partial charge in [0.1, 0.15) is 0 Å². The zero-order valence-electron chi connectivity index (χ0n) is 11.6. The molecule has 0 N–H and O–H groups in total. The fourth-order valence-electron chi connectivity index (χ4n) is 2.13. The normalized spacial score (nSPS) is 10.4. The van der Waals surface area contributed by atoms with Crippen molar-refractivity contribution in [3.05, 3.63) is 62.6 Å². The SMILES string of the molecule is Cc1ccc(N(C)C(=O)c2cc(Br)ccc2Cl)c(C)c1. The number of halogens is 2. The molecule has 104 valence electrons. The fourth-order valence-corrected chi connectivity index (χ4v) is 2.69. The van der Waals surface area contributed by atoms with Crippen molar-refractivity contribution in [1.29, 1.82) is 0 Å². The number of nitrogens with zero attached hydrogens (tertiary/aromatic N) is 1. The van der Waals surface area contributed by atoms with Crippen LogP contribution in [-0.4, -0.2) is 13.0 Å². The highest BCUT2D eigenvalue weighted by molar-refractivity contribution is 9.10. The smallest absolute Gasteiger partial charge is 0.259 e. The van der Waals surface area contributed by atoms with Gasteiger partial charge in [-0.2, -0.15) is 0 Å². The summed E-state index contributed by atoms with van der Waals surface area (Å²) in [6, 6.07) is 11.3. The van der Waals surface area contributed by atoms with Crippen LogP contribution in [0.4, 0.5) is 5.69 Å². The lowest BCUT2D eigenvalue weighted by atomic mass is 10.1. The largest absolute Gasteiger partial charge is 0.311 e. The van der Waals surface area contributed by atoms with Gasteiger partial charge in [-0.05, 0) is 43.7 Å². The van der Waals surface area contributed by atoms with Crippen LogP contribution in [0, 0.1) is 13.8 Å². The van der Waals surface area contributed by atoms with E-state index >= 15 is 0 Å². The van der Waals surface area contributed by atoms with Crippen molar-refractivity contribution in [2.24, 2.45) is 0 Å². The Balaban J connectivity index is 2.40. The number of carbonyl (C=O) groups excluding carboxylic acids is 1. The number of amides is 1. The van der Waals surface area contributed by atoms with E-state index in [1.165, 1.54) is 5.56 Å². The Labute approximate surface area is 132 Å². The molecule has 1 amide bonds. The van der Waals surface area contributed by atoms with Gasteiger partial charge < -0.3 is 4.90 Å². The number of hydrogen-bond donors (Lipinski definition) is 0. The van der Waals surface area contributed by atoms with E-state index in [9.17, 15) is 4.79 Å². The molecule has 0 fully saturated rings. The van der Waals surface area contributed by atoms with Crippen molar-refractivity contribution in [3.8, 4) is 0 Å². The van der Waals surface area contributed by atoms with Gasteiger partial charge in [0.15, 0.2) is 0 Å². The minimum atomic E-state index is -0.122. The predicted molar refractivity (Wildman–Crippen MR) is 87.8 cm³/mol. The van der Waals surface area contributed by atoms with Crippen LogP contribution in [0.3, 0.4) is 0 Å². The molecule has 4 heteroatoms. The maximum atomic E-state index is 12.6. The van der Waals surface area contributed by atoms with Crippen LogP contribution in [0.25, 0.3) is 0 Å². The van der Waals surface area contributed by atoms with Crippen LogP contribution >= 0.6 is 27.5 Å².